The number of nitrogens with one attached hydrogen (secondary N) is 1. The third-order valence-electron chi connectivity index (χ3n) is 2.08. The van der Waals surface area contributed by atoms with Gasteiger partial charge in [0.05, 0.1) is 18.4 Å². The van der Waals surface area contributed by atoms with Crippen molar-refractivity contribution in [3.05, 3.63) is 12.8 Å². The summed E-state index contributed by atoms with van der Waals surface area (Å²) in [7, 11) is 0. The van der Waals surface area contributed by atoms with Crippen molar-refractivity contribution in [2.45, 2.75) is 24.8 Å². The maximum Gasteiger partial charge on any atom is 0.240 e. The highest BCUT2D eigenvalue weighted by molar-refractivity contribution is 5.88. The van der Waals surface area contributed by atoms with E-state index < -0.39 is 5.54 Å². The van der Waals surface area contributed by atoms with E-state index >= 15 is 0 Å². The largest absolute Gasteiger partial charge is 0.502 e. The van der Waals surface area contributed by atoms with Crippen LogP contribution in [0.4, 0.5) is 0 Å². The Morgan fingerprint density at radius 2 is 2.38 bits per heavy atom. The minimum atomic E-state index is -0.556. The van der Waals surface area contributed by atoms with Crippen LogP contribution < -0.4 is 11.1 Å². The van der Waals surface area contributed by atoms with Crippen LogP contribution in [0.15, 0.2) is 12.8 Å². The number of ether oxygens (including phenoxy) is 1. The summed E-state index contributed by atoms with van der Waals surface area (Å²) < 4.78 is 4.90. The second-order valence-electron chi connectivity index (χ2n) is 3.30. The van der Waals surface area contributed by atoms with E-state index in [1.54, 1.807) is 0 Å². The highest BCUT2D eigenvalue weighted by Gasteiger charge is 2.45. The molecule has 1 saturated carbocycles. The predicted octanol–water partition coefficient (Wildman–Crippen LogP) is 0.144. The molecule has 0 aromatic heterocycles. The molecule has 1 rings (SSSR count). The summed E-state index contributed by atoms with van der Waals surface area (Å²) >= 11 is 0. The SMILES string of the molecule is C=COCCCNC(=O)C1(N)CC1. The van der Waals surface area contributed by atoms with Gasteiger partial charge < -0.3 is 15.8 Å². The van der Waals surface area contributed by atoms with Crippen LogP contribution >= 0.6 is 0 Å². The van der Waals surface area contributed by atoms with Gasteiger partial charge in [0.1, 0.15) is 0 Å². The standard InChI is InChI=1S/C9H16N2O2/c1-2-13-7-3-6-11-8(12)9(10)4-5-9/h2H,1,3-7,10H2,(H,11,12). The Morgan fingerprint density at radius 3 is 2.92 bits per heavy atom. The van der Waals surface area contributed by atoms with Gasteiger partial charge in [-0.2, -0.15) is 0 Å². The molecule has 0 aromatic rings. The van der Waals surface area contributed by atoms with Crippen LogP contribution in [0.2, 0.25) is 0 Å². The summed E-state index contributed by atoms with van der Waals surface area (Å²) in [6, 6.07) is 0. The van der Waals surface area contributed by atoms with Gasteiger partial charge in [0, 0.05) is 6.54 Å². The third kappa shape index (κ3) is 3.06. The molecule has 0 aromatic carbocycles. The quantitative estimate of drug-likeness (QED) is 0.456. The molecule has 74 valence electrons. The number of rotatable bonds is 6. The molecule has 0 unspecified atom stereocenters. The van der Waals surface area contributed by atoms with Gasteiger partial charge in [0.2, 0.25) is 5.91 Å². The van der Waals surface area contributed by atoms with Crippen LogP contribution in [0, 0.1) is 0 Å². The van der Waals surface area contributed by atoms with E-state index in [-0.39, 0.29) is 5.91 Å². The Hall–Kier alpha value is -1.03. The highest BCUT2D eigenvalue weighted by atomic mass is 16.5. The van der Waals surface area contributed by atoms with E-state index in [0.29, 0.717) is 13.2 Å². The van der Waals surface area contributed by atoms with Gasteiger partial charge in [-0.15, -0.1) is 0 Å². The van der Waals surface area contributed by atoms with Crippen molar-refractivity contribution in [2.75, 3.05) is 13.2 Å². The normalized spacial score (nSPS) is 17.6. The summed E-state index contributed by atoms with van der Waals surface area (Å²) in [5.41, 5.74) is 5.12. The lowest BCUT2D eigenvalue weighted by molar-refractivity contribution is -0.123. The first-order valence-electron chi connectivity index (χ1n) is 4.49. The molecule has 1 fully saturated rings. The molecule has 4 nitrogen and oxygen atoms in total. The zero-order valence-corrected chi connectivity index (χ0v) is 7.71. The van der Waals surface area contributed by atoms with Crippen LogP contribution in [0.3, 0.4) is 0 Å². The topological polar surface area (TPSA) is 64.3 Å². The van der Waals surface area contributed by atoms with Crippen LogP contribution in [0.25, 0.3) is 0 Å². The molecule has 0 radical (unpaired) electrons. The molecule has 13 heavy (non-hydrogen) atoms. The molecule has 0 bridgehead atoms. The van der Waals surface area contributed by atoms with E-state index in [9.17, 15) is 4.79 Å². The van der Waals surface area contributed by atoms with Gasteiger partial charge in [-0.1, -0.05) is 6.58 Å². The van der Waals surface area contributed by atoms with Crippen molar-refractivity contribution in [1.82, 2.24) is 5.32 Å². The molecular weight excluding hydrogens is 168 g/mol. The van der Waals surface area contributed by atoms with Crippen molar-refractivity contribution >= 4 is 5.91 Å². The molecule has 0 saturated heterocycles. The fraction of sp³-hybridized carbons (Fsp3) is 0.667. The minimum absolute atomic E-state index is 0.0360. The van der Waals surface area contributed by atoms with E-state index in [1.807, 2.05) is 0 Å². The maximum absolute atomic E-state index is 11.3. The monoisotopic (exact) mass is 184 g/mol. The first kappa shape index (κ1) is 10.1. The lowest BCUT2D eigenvalue weighted by Gasteiger charge is -2.09. The van der Waals surface area contributed by atoms with Crippen molar-refractivity contribution in [2.24, 2.45) is 5.73 Å². The second-order valence-corrected chi connectivity index (χ2v) is 3.30. The molecule has 0 spiro atoms. The summed E-state index contributed by atoms with van der Waals surface area (Å²) in [6.07, 6.45) is 3.80. The van der Waals surface area contributed by atoms with Crippen molar-refractivity contribution in [3.63, 3.8) is 0 Å². The van der Waals surface area contributed by atoms with Gasteiger partial charge >= 0.3 is 0 Å². The maximum atomic E-state index is 11.3. The molecule has 1 aliphatic carbocycles. The van der Waals surface area contributed by atoms with Gasteiger partial charge in [0.15, 0.2) is 0 Å². The second kappa shape index (κ2) is 4.28. The van der Waals surface area contributed by atoms with Gasteiger partial charge in [-0.25, -0.2) is 0 Å². The number of nitrogens with two attached hydrogens (primary N) is 1. The number of amides is 1. The summed E-state index contributed by atoms with van der Waals surface area (Å²) in [4.78, 5) is 11.3. The Balaban J connectivity index is 1.99. The van der Waals surface area contributed by atoms with Gasteiger partial charge in [0.25, 0.3) is 0 Å². The molecule has 3 N–H and O–H groups in total. The first-order chi connectivity index (χ1) is 6.19. The minimum Gasteiger partial charge on any atom is -0.502 e. The number of carbonyl (C=O) groups excluding carboxylic acids is 1. The average Bonchev–Trinajstić information content (AvgIpc) is 2.84. The first-order valence-corrected chi connectivity index (χ1v) is 4.49. The average molecular weight is 184 g/mol. The summed E-state index contributed by atoms with van der Waals surface area (Å²) in [5.74, 6) is -0.0360. The van der Waals surface area contributed by atoms with Crippen LogP contribution in [-0.4, -0.2) is 24.6 Å². The number of carbonyl (C=O) groups is 1. The Kier molecular flexibility index (Phi) is 3.31. The van der Waals surface area contributed by atoms with Crippen molar-refractivity contribution in [3.8, 4) is 0 Å². The molecular formula is C9H16N2O2. The zero-order valence-electron chi connectivity index (χ0n) is 7.71. The zero-order chi connectivity index (χ0) is 9.73. The molecule has 0 aliphatic heterocycles. The number of hydrogen-bond acceptors (Lipinski definition) is 3. The Labute approximate surface area is 78.1 Å². The Morgan fingerprint density at radius 1 is 1.69 bits per heavy atom. The number of hydrogen-bond donors (Lipinski definition) is 2. The smallest absolute Gasteiger partial charge is 0.240 e. The van der Waals surface area contributed by atoms with E-state index in [2.05, 4.69) is 11.9 Å². The van der Waals surface area contributed by atoms with Crippen molar-refractivity contribution < 1.29 is 9.53 Å². The molecule has 0 atom stereocenters. The summed E-state index contributed by atoms with van der Waals surface area (Å²) in [6.45, 7) is 4.61. The van der Waals surface area contributed by atoms with E-state index in [4.69, 9.17) is 10.5 Å². The third-order valence-corrected chi connectivity index (χ3v) is 2.08. The highest BCUT2D eigenvalue weighted by Crippen LogP contribution is 2.31. The van der Waals surface area contributed by atoms with Crippen LogP contribution in [-0.2, 0) is 9.53 Å². The van der Waals surface area contributed by atoms with Crippen LogP contribution in [0.5, 0.6) is 0 Å². The molecule has 1 amide bonds. The lowest BCUT2D eigenvalue weighted by atomic mass is 10.2. The van der Waals surface area contributed by atoms with Crippen LogP contribution in [0.1, 0.15) is 19.3 Å². The predicted molar refractivity (Wildman–Crippen MR) is 49.9 cm³/mol. The van der Waals surface area contributed by atoms with Gasteiger partial charge in [-0.3, -0.25) is 4.79 Å². The molecule has 4 heteroatoms. The van der Waals surface area contributed by atoms with E-state index in [0.717, 1.165) is 19.3 Å². The van der Waals surface area contributed by atoms with Gasteiger partial charge in [-0.05, 0) is 19.3 Å². The van der Waals surface area contributed by atoms with E-state index in [1.165, 1.54) is 6.26 Å². The fourth-order valence-corrected chi connectivity index (χ4v) is 0.979. The summed E-state index contributed by atoms with van der Waals surface area (Å²) in [5, 5.41) is 2.77. The molecule has 1 aliphatic rings. The Bertz CT molecular complexity index is 200. The molecule has 0 heterocycles. The fourth-order valence-electron chi connectivity index (χ4n) is 0.979. The van der Waals surface area contributed by atoms with Crippen molar-refractivity contribution in [1.29, 1.82) is 0 Å². The lowest BCUT2D eigenvalue weighted by Crippen LogP contribution is -2.43.